The maximum atomic E-state index is 5.99. The fourth-order valence-electron chi connectivity index (χ4n) is 2.42. The van der Waals surface area contributed by atoms with E-state index in [4.69, 9.17) is 11.6 Å². The van der Waals surface area contributed by atoms with Gasteiger partial charge in [0.25, 0.3) is 0 Å². The van der Waals surface area contributed by atoms with Crippen molar-refractivity contribution >= 4 is 22.9 Å². The normalized spacial score (nSPS) is 11.0. The molecule has 7 heteroatoms. The summed E-state index contributed by atoms with van der Waals surface area (Å²) in [6.07, 6.45) is 5.31. The third-order valence-corrected chi connectivity index (χ3v) is 3.71. The van der Waals surface area contributed by atoms with Crippen LogP contribution in [0, 0.1) is 0 Å². The molecule has 0 atom stereocenters. The van der Waals surface area contributed by atoms with Crippen LogP contribution in [-0.4, -0.2) is 24.6 Å². The van der Waals surface area contributed by atoms with Crippen molar-refractivity contribution in [2.24, 2.45) is 0 Å². The van der Waals surface area contributed by atoms with Crippen LogP contribution in [0.5, 0.6) is 0 Å². The molecule has 4 rings (SSSR count). The molecule has 3 aromatic heterocycles. The summed E-state index contributed by atoms with van der Waals surface area (Å²) in [5.41, 5.74) is 3.79. The number of H-pyrrole nitrogens is 1. The van der Waals surface area contributed by atoms with Gasteiger partial charge in [0.05, 0.1) is 17.3 Å². The quantitative estimate of drug-likeness (QED) is 0.603. The topological polar surface area (TPSA) is 70.9 Å². The lowest BCUT2D eigenvalue weighted by molar-refractivity contribution is 1.08. The number of anilines is 1. The van der Waals surface area contributed by atoms with Gasteiger partial charge in [-0.2, -0.15) is 5.10 Å². The highest BCUT2D eigenvalue weighted by Crippen LogP contribution is 2.19. The van der Waals surface area contributed by atoms with E-state index in [1.165, 1.54) is 6.33 Å². The Labute approximate surface area is 137 Å². The first kappa shape index (κ1) is 13.8. The summed E-state index contributed by atoms with van der Waals surface area (Å²) in [4.78, 5) is 8.71. The van der Waals surface area contributed by atoms with E-state index in [2.05, 4.69) is 25.5 Å². The highest BCUT2D eigenvalue weighted by atomic mass is 35.5. The third kappa shape index (κ3) is 2.89. The summed E-state index contributed by atoms with van der Waals surface area (Å²) < 4.78 is 1.92. The maximum absolute atomic E-state index is 5.99. The molecule has 2 N–H and O–H groups in total. The molecule has 114 valence electrons. The van der Waals surface area contributed by atoms with Gasteiger partial charge in [-0.15, -0.1) is 0 Å². The van der Waals surface area contributed by atoms with Crippen molar-refractivity contribution in [3.05, 3.63) is 65.8 Å². The highest BCUT2D eigenvalue weighted by Gasteiger charge is 2.04. The number of pyridine rings is 1. The molecule has 4 aromatic rings. The first-order valence-corrected chi connectivity index (χ1v) is 7.48. The predicted octanol–water partition coefficient (Wildman–Crippen LogP) is 3.38. The largest absolute Gasteiger partial charge is 0.379 e. The van der Waals surface area contributed by atoms with Gasteiger partial charge in [-0.1, -0.05) is 23.7 Å². The van der Waals surface area contributed by atoms with Crippen LogP contribution in [0.4, 0.5) is 5.69 Å². The molecule has 6 nitrogen and oxygen atoms in total. The van der Waals surface area contributed by atoms with E-state index in [9.17, 15) is 0 Å². The number of nitrogens with zero attached hydrogens (tertiary/aromatic N) is 4. The molecule has 0 aliphatic heterocycles. The van der Waals surface area contributed by atoms with Crippen molar-refractivity contribution in [3.8, 4) is 11.4 Å². The number of halogens is 1. The zero-order valence-corrected chi connectivity index (χ0v) is 12.8. The minimum Gasteiger partial charge on any atom is -0.379 e. The molecule has 0 bridgehead atoms. The minimum absolute atomic E-state index is 0.624. The lowest BCUT2D eigenvalue weighted by Crippen LogP contribution is -1.99. The summed E-state index contributed by atoms with van der Waals surface area (Å²) in [5.74, 6) is 0.746. The van der Waals surface area contributed by atoms with Gasteiger partial charge in [-0.25, -0.2) is 9.97 Å². The van der Waals surface area contributed by atoms with Crippen LogP contribution in [0.2, 0.25) is 5.02 Å². The average molecular weight is 325 g/mol. The Balaban J connectivity index is 1.53. The van der Waals surface area contributed by atoms with E-state index >= 15 is 0 Å². The van der Waals surface area contributed by atoms with E-state index < -0.39 is 0 Å². The second-order valence-electron chi connectivity index (χ2n) is 5.11. The zero-order valence-electron chi connectivity index (χ0n) is 12.1. The Bertz CT molecular complexity index is 944. The van der Waals surface area contributed by atoms with E-state index in [0.717, 1.165) is 28.4 Å². The lowest BCUT2D eigenvalue weighted by Gasteiger charge is -2.05. The minimum atomic E-state index is 0.624. The number of aromatic amines is 1. The summed E-state index contributed by atoms with van der Waals surface area (Å²) in [6, 6.07) is 11.7. The molecule has 0 aliphatic rings. The van der Waals surface area contributed by atoms with Crippen molar-refractivity contribution in [2.75, 3.05) is 5.32 Å². The molecule has 0 radical (unpaired) electrons. The first-order chi connectivity index (χ1) is 11.3. The van der Waals surface area contributed by atoms with Crippen LogP contribution >= 0.6 is 11.6 Å². The van der Waals surface area contributed by atoms with Gasteiger partial charge in [-0.05, 0) is 24.3 Å². The Hall–Kier alpha value is -2.86. The predicted molar refractivity (Wildman–Crippen MR) is 89.3 cm³/mol. The van der Waals surface area contributed by atoms with Crippen LogP contribution in [0.1, 0.15) is 5.69 Å². The number of fused-ring (bicyclic) bond motifs is 1. The van der Waals surface area contributed by atoms with Crippen LogP contribution in [-0.2, 0) is 6.54 Å². The Morgan fingerprint density at radius 1 is 1.17 bits per heavy atom. The number of aromatic nitrogens is 5. The molecule has 1 aromatic carbocycles. The molecule has 23 heavy (non-hydrogen) atoms. The van der Waals surface area contributed by atoms with Gasteiger partial charge < -0.3 is 9.72 Å². The van der Waals surface area contributed by atoms with Crippen molar-refractivity contribution in [1.29, 1.82) is 0 Å². The fraction of sp³-hybridized carbons (Fsp3) is 0.0625. The van der Waals surface area contributed by atoms with Crippen LogP contribution < -0.4 is 5.32 Å². The molecular weight excluding hydrogens is 312 g/mol. The summed E-state index contributed by atoms with van der Waals surface area (Å²) in [7, 11) is 0. The number of benzene rings is 1. The highest BCUT2D eigenvalue weighted by molar-refractivity contribution is 6.30. The Morgan fingerprint density at radius 2 is 2.13 bits per heavy atom. The molecule has 0 saturated carbocycles. The molecular formula is C16H13ClN6. The van der Waals surface area contributed by atoms with E-state index in [0.29, 0.717) is 11.6 Å². The van der Waals surface area contributed by atoms with Crippen LogP contribution in [0.15, 0.2) is 55.1 Å². The summed E-state index contributed by atoms with van der Waals surface area (Å²) in [6.45, 7) is 0.624. The Morgan fingerprint density at radius 3 is 3.00 bits per heavy atom. The van der Waals surface area contributed by atoms with E-state index in [1.807, 2.05) is 53.2 Å². The summed E-state index contributed by atoms with van der Waals surface area (Å²) in [5, 5.41) is 10.8. The van der Waals surface area contributed by atoms with Crippen molar-refractivity contribution in [1.82, 2.24) is 24.6 Å². The average Bonchev–Trinajstić information content (AvgIpc) is 3.22. The number of nitrogens with one attached hydrogen (secondary N) is 2. The number of rotatable bonds is 4. The molecule has 0 unspecified atom stereocenters. The van der Waals surface area contributed by atoms with Gasteiger partial charge in [0, 0.05) is 23.6 Å². The van der Waals surface area contributed by atoms with Gasteiger partial charge in [0.1, 0.15) is 12.0 Å². The third-order valence-electron chi connectivity index (χ3n) is 3.49. The summed E-state index contributed by atoms with van der Waals surface area (Å²) >= 11 is 5.99. The van der Waals surface area contributed by atoms with Crippen LogP contribution in [0.25, 0.3) is 17.0 Å². The SMILES string of the molecule is Clc1ccc2nc(CNc3cccc(-c4ncn[nH]4)c3)cn2c1. The van der Waals surface area contributed by atoms with Crippen LogP contribution in [0.3, 0.4) is 0 Å². The Kier molecular flexibility index (Phi) is 3.44. The maximum Gasteiger partial charge on any atom is 0.155 e. The van der Waals surface area contributed by atoms with Gasteiger partial charge in [-0.3, -0.25) is 5.10 Å². The van der Waals surface area contributed by atoms with Gasteiger partial charge >= 0.3 is 0 Å². The van der Waals surface area contributed by atoms with Crippen molar-refractivity contribution in [2.45, 2.75) is 6.54 Å². The van der Waals surface area contributed by atoms with Crippen molar-refractivity contribution in [3.63, 3.8) is 0 Å². The first-order valence-electron chi connectivity index (χ1n) is 7.11. The lowest BCUT2D eigenvalue weighted by atomic mass is 10.2. The standard InChI is InChI=1S/C16H13ClN6/c17-12-4-5-15-21-14(9-23(15)8-12)7-18-13-3-1-2-11(6-13)16-19-10-20-22-16/h1-6,8-10,18H,7H2,(H,19,20,22). The zero-order chi connectivity index (χ0) is 15.6. The molecule has 0 fully saturated rings. The number of hydrogen-bond acceptors (Lipinski definition) is 4. The van der Waals surface area contributed by atoms with E-state index in [-0.39, 0.29) is 0 Å². The second kappa shape index (κ2) is 5.73. The smallest absolute Gasteiger partial charge is 0.155 e. The molecule has 0 spiro atoms. The second-order valence-corrected chi connectivity index (χ2v) is 5.55. The number of hydrogen-bond donors (Lipinski definition) is 2. The van der Waals surface area contributed by atoms with E-state index in [1.54, 1.807) is 0 Å². The van der Waals surface area contributed by atoms with Gasteiger partial charge in [0.2, 0.25) is 0 Å². The molecule has 3 heterocycles. The monoisotopic (exact) mass is 324 g/mol. The molecule has 0 saturated heterocycles. The molecule has 0 aliphatic carbocycles. The fourth-order valence-corrected chi connectivity index (χ4v) is 2.58. The number of imidazole rings is 1. The van der Waals surface area contributed by atoms with Gasteiger partial charge in [0.15, 0.2) is 5.82 Å². The van der Waals surface area contributed by atoms with Crippen molar-refractivity contribution < 1.29 is 0 Å². The molecule has 0 amide bonds.